The van der Waals surface area contributed by atoms with Crippen molar-refractivity contribution >= 4 is 11.8 Å². The first-order valence-corrected chi connectivity index (χ1v) is 7.34. The fourth-order valence-corrected chi connectivity index (χ4v) is 3.43. The van der Waals surface area contributed by atoms with Gasteiger partial charge in [-0.3, -0.25) is 0 Å². The lowest BCUT2D eigenvalue weighted by molar-refractivity contribution is 0.406. The molecule has 1 aliphatic heterocycles. The highest BCUT2D eigenvalue weighted by atomic mass is 32.2. The summed E-state index contributed by atoms with van der Waals surface area (Å²) in [5.74, 6) is 4.20. The molecule has 0 bridgehead atoms. The number of nitriles is 1. The average Bonchev–Trinajstić information content (AvgIpc) is 2.92. The van der Waals surface area contributed by atoms with Crippen LogP contribution in [0.15, 0.2) is 18.2 Å². The number of thioether (sulfide) groups is 1. The van der Waals surface area contributed by atoms with Crippen LogP contribution >= 0.6 is 11.8 Å². The van der Waals surface area contributed by atoms with Gasteiger partial charge in [0.25, 0.3) is 0 Å². The fourth-order valence-electron chi connectivity index (χ4n) is 2.14. The maximum Gasteiger partial charge on any atom is 0.123 e. The molecule has 1 aromatic rings. The van der Waals surface area contributed by atoms with Gasteiger partial charge in [0.05, 0.1) is 18.7 Å². The van der Waals surface area contributed by atoms with E-state index in [4.69, 9.17) is 10.00 Å². The minimum Gasteiger partial charge on any atom is -0.496 e. The Bertz CT molecular complexity index is 436. The summed E-state index contributed by atoms with van der Waals surface area (Å²) in [6.07, 6.45) is 1.31. The molecule has 3 nitrogen and oxygen atoms in total. The summed E-state index contributed by atoms with van der Waals surface area (Å²) in [5.41, 5.74) is 1.74. The van der Waals surface area contributed by atoms with E-state index < -0.39 is 0 Å². The maximum absolute atomic E-state index is 8.91. The number of ether oxygens (including phenoxy) is 1. The SMILES string of the molecule is COc1ccc(C#N)cc1CNCC1CCSC1. The molecular formula is C14H18N2OS. The average molecular weight is 262 g/mol. The molecule has 1 aliphatic rings. The van der Waals surface area contributed by atoms with Gasteiger partial charge in [-0.1, -0.05) is 0 Å². The Hall–Kier alpha value is -1.18. The molecule has 96 valence electrons. The lowest BCUT2D eigenvalue weighted by Crippen LogP contribution is -2.22. The van der Waals surface area contributed by atoms with Crippen molar-refractivity contribution < 1.29 is 4.74 Å². The zero-order valence-corrected chi connectivity index (χ0v) is 11.4. The molecule has 2 rings (SSSR count). The molecule has 1 heterocycles. The van der Waals surface area contributed by atoms with Crippen LogP contribution < -0.4 is 10.1 Å². The molecule has 1 fully saturated rings. The molecule has 0 aromatic heterocycles. The number of hydrogen-bond donors (Lipinski definition) is 1. The number of rotatable bonds is 5. The molecule has 0 saturated carbocycles. The van der Waals surface area contributed by atoms with Crippen molar-refractivity contribution in [3.63, 3.8) is 0 Å². The van der Waals surface area contributed by atoms with E-state index >= 15 is 0 Å². The molecule has 0 spiro atoms. The summed E-state index contributed by atoms with van der Waals surface area (Å²) in [7, 11) is 1.67. The van der Waals surface area contributed by atoms with Crippen molar-refractivity contribution in [3.8, 4) is 11.8 Å². The molecule has 0 amide bonds. The van der Waals surface area contributed by atoms with Crippen molar-refractivity contribution in [1.82, 2.24) is 5.32 Å². The number of hydrogen-bond acceptors (Lipinski definition) is 4. The van der Waals surface area contributed by atoms with E-state index in [0.29, 0.717) is 5.56 Å². The summed E-state index contributed by atoms with van der Waals surface area (Å²) in [4.78, 5) is 0. The van der Waals surface area contributed by atoms with E-state index in [1.165, 1.54) is 17.9 Å². The minimum atomic E-state index is 0.684. The first-order valence-electron chi connectivity index (χ1n) is 6.19. The molecule has 1 atom stereocenters. The lowest BCUT2D eigenvalue weighted by atomic mass is 10.1. The number of methoxy groups -OCH3 is 1. The van der Waals surface area contributed by atoms with Gasteiger partial charge in [0.1, 0.15) is 5.75 Å². The third-order valence-corrected chi connectivity index (χ3v) is 4.41. The van der Waals surface area contributed by atoms with E-state index in [1.807, 2.05) is 23.9 Å². The highest BCUT2D eigenvalue weighted by Crippen LogP contribution is 2.23. The Morgan fingerprint density at radius 3 is 3.11 bits per heavy atom. The highest BCUT2D eigenvalue weighted by molar-refractivity contribution is 7.99. The van der Waals surface area contributed by atoms with E-state index in [2.05, 4.69) is 11.4 Å². The zero-order valence-electron chi connectivity index (χ0n) is 10.6. The van der Waals surface area contributed by atoms with E-state index in [0.717, 1.165) is 30.3 Å². The van der Waals surface area contributed by atoms with Crippen molar-refractivity contribution in [1.29, 1.82) is 5.26 Å². The second kappa shape index (κ2) is 6.67. The van der Waals surface area contributed by atoms with Gasteiger partial charge in [-0.25, -0.2) is 0 Å². The van der Waals surface area contributed by atoms with Crippen molar-refractivity contribution in [2.45, 2.75) is 13.0 Å². The highest BCUT2D eigenvalue weighted by Gasteiger charge is 2.14. The maximum atomic E-state index is 8.91. The zero-order chi connectivity index (χ0) is 12.8. The van der Waals surface area contributed by atoms with Crippen molar-refractivity contribution in [2.24, 2.45) is 5.92 Å². The van der Waals surface area contributed by atoms with Crippen LogP contribution in [0.5, 0.6) is 5.75 Å². The van der Waals surface area contributed by atoms with Crippen LogP contribution in [0, 0.1) is 17.2 Å². The van der Waals surface area contributed by atoms with Gasteiger partial charge in [-0.15, -0.1) is 0 Å². The van der Waals surface area contributed by atoms with Gasteiger partial charge >= 0.3 is 0 Å². The topological polar surface area (TPSA) is 45.0 Å². The predicted octanol–water partition coefficient (Wildman–Crippen LogP) is 2.41. The first kappa shape index (κ1) is 13.3. The van der Waals surface area contributed by atoms with Crippen LogP contribution in [-0.2, 0) is 6.54 Å². The molecule has 1 unspecified atom stereocenters. The quantitative estimate of drug-likeness (QED) is 0.885. The predicted molar refractivity (Wildman–Crippen MR) is 74.8 cm³/mol. The first-order chi connectivity index (χ1) is 8.83. The van der Waals surface area contributed by atoms with Crippen LogP contribution in [0.3, 0.4) is 0 Å². The second-order valence-corrected chi connectivity index (χ2v) is 5.65. The van der Waals surface area contributed by atoms with Crippen LogP contribution in [0.4, 0.5) is 0 Å². The number of nitrogens with one attached hydrogen (secondary N) is 1. The van der Waals surface area contributed by atoms with E-state index in [1.54, 1.807) is 13.2 Å². The standard InChI is InChI=1S/C14H18N2OS/c1-17-14-3-2-11(7-15)6-13(14)9-16-8-12-4-5-18-10-12/h2-3,6,12,16H,4-5,8-10H2,1H3. The molecule has 18 heavy (non-hydrogen) atoms. The Kier molecular flexibility index (Phi) is 4.91. The molecule has 1 aromatic carbocycles. The monoisotopic (exact) mass is 262 g/mol. The molecule has 1 saturated heterocycles. The normalized spacial score (nSPS) is 18.6. The second-order valence-electron chi connectivity index (χ2n) is 4.50. The Morgan fingerprint density at radius 2 is 2.44 bits per heavy atom. The largest absolute Gasteiger partial charge is 0.496 e. The summed E-state index contributed by atoms with van der Waals surface area (Å²) in [6.45, 7) is 1.81. The molecule has 0 radical (unpaired) electrons. The molecule has 4 heteroatoms. The van der Waals surface area contributed by atoms with Gasteiger partial charge in [-0.05, 0) is 48.6 Å². The Labute approximate surface area is 113 Å². The summed E-state index contributed by atoms with van der Waals surface area (Å²) in [6, 6.07) is 7.71. The van der Waals surface area contributed by atoms with E-state index in [9.17, 15) is 0 Å². The summed E-state index contributed by atoms with van der Waals surface area (Å²) >= 11 is 2.03. The molecule has 0 aliphatic carbocycles. The summed E-state index contributed by atoms with van der Waals surface area (Å²) in [5, 5.41) is 12.4. The van der Waals surface area contributed by atoms with Crippen LogP contribution in [0.25, 0.3) is 0 Å². The van der Waals surface area contributed by atoms with E-state index in [-0.39, 0.29) is 0 Å². The van der Waals surface area contributed by atoms with Gasteiger partial charge in [0, 0.05) is 12.1 Å². The molecular weight excluding hydrogens is 244 g/mol. The third kappa shape index (κ3) is 3.41. The smallest absolute Gasteiger partial charge is 0.123 e. The van der Waals surface area contributed by atoms with Gasteiger partial charge in [0.2, 0.25) is 0 Å². The summed E-state index contributed by atoms with van der Waals surface area (Å²) < 4.78 is 5.31. The number of nitrogens with zero attached hydrogens (tertiary/aromatic N) is 1. The van der Waals surface area contributed by atoms with Gasteiger partial charge < -0.3 is 10.1 Å². The van der Waals surface area contributed by atoms with Crippen molar-refractivity contribution in [2.75, 3.05) is 25.2 Å². The Balaban J connectivity index is 1.92. The fraction of sp³-hybridized carbons (Fsp3) is 0.500. The van der Waals surface area contributed by atoms with Gasteiger partial charge in [-0.2, -0.15) is 17.0 Å². The van der Waals surface area contributed by atoms with Gasteiger partial charge in [0.15, 0.2) is 0 Å². The van der Waals surface area contributed by atoms with Crippen LogP contribution in [0.2, 0.25) is 0 Å². The number of benzene rings is 1. The molecule has 1 N–H and O–H groups in total. The Morgan fingerprint density at radius 1 is 1.56 bits per heavy atom. The van der Waals surface area contributed by atoms with Crippen LogP contribution in [-0.4, -0.2) is 25.2 Å². The minimum absolute atomic E-state index is 0.684. The van der Waals surface area contributed by atoms with Crippen molar-refractivity contribution in [3.05, 3.63) is 29.3 Å². The lowest BCUT2D eigenvalue weighted by Gasteiger charge is -2.12. The third-order valence-electron chi connectivity index (χ3n) is 3.18. The van der Waals surface area contributed by atoms with Crippen LogP contribution in [0.1, 0.15) is 17.5 Å².